The first kappa shape index (κ1) is 15.2. The number of H-pyrrole nitrogens is 1. The molecule has 24 heavy (non-hydrogen) atoms. The molecule has 0 aromatic carbocycles. The van der Waals surface area contributed by atoms with Crippen molar-refractivity contribution in [1.29, 1.82) is 0 Å². The summed E-state index contributed by atoms with van der Waals surface area (Å²) in [4.78, 5) is 28.9. The number of nitrogens with one attached hydrogen (secondary N) is 2. The summed E-state index contributed by atoms with van der Waals surface area (Å²) in [5, 5.41) is 4.03. The van der Waals surface area contributed by atoms with E-state index >= 15 is 0 Å². The van der Waals surface area contributed by atoms with Crippen molar-refractivity contribution in [3.8, 4) is 0 Å². The molecule has 7 nitrogen and oxygen atoms in total. The summed E-state index contributed by atoms with van der Waals surface area (Å²) in [5.74, 6) is 0.975. The van der Waals surface area contributed by atoms with E-state index < -0.39 is 0 Å². The topological polar surface area (TPSA) is 77.2 Å². The molecule has 2 fully saturated rings. The number of piperidine rings is 1. The quantitative estimate of drug-likeness (QED) is 0.885. The van der Waals surface area contributed by atoms with E-state index in [9.17, 15) is 4.79 Å². The smallest absolute Gasteiger partial charge is 0.317 e. The van der Waals surface area contributed by atoms with Crippen LogP contribution in [0, 0.1) is 0 Å². The van der Waals surface area contributed by atoms with Crippen LogP contribution < -0.4 is 10.2 Å². The van der Waals surface area contributed by atoms with Crippen molar-refractivity contribution in [2.24, 2.45) is 0 Å². The molecule has 1 atom stereocenters. The van der Waals surface area contributed by atoms with Gasteiger partial charge in [0.1, 0.15) is 17.8 Å². The van der Waals surface area contributed by atoms with Crippen molar-refractivity contribution in [3.05, 3.63) is 18.6 Å². The zero-order valence-corrected chi connectivity index (χ0v) is 14.1. The molecule has 2 aromatic heterocycles. The third kappa shape index (κ3) is 2.39. The summed E-state index contributed by atoms with van der Waals surface area (Å²) in [5.41, 5.74) is 0.803. The Bertz CT molecular complexity index is 744. The van der Waals surface area contributed by atoms with Crippen molar-refractivity contribution in [2.75, 3.05) is 31.1 Å². The molecule has 2 saturated heterocycles. The third-order valence-electron chi connectivity index (χ3n) is 5.36. The highest BCUT2D eigenvalue weighted by Gasteiger charge is 2.46. The number of anilines is 1. The van der Waals surface area contributed by atoms with E-state index in [4.69, 9.17) is 0 Å². The minimum absolute atomic E-state index is 0.0644. The van der Waals surface area contributed by atoms with Crippen LogP contribution in [-0.4, -0.2) is 57.6 Å². The Morgan fingerprint density at radius 2 is 2.17 bits per heavy atom. The Balaban J connectivity index is 1.63. The summed E-state index contributed by atoms with van der Waals surface area (Å²) in [7, 11) is 0. The van der Waals surface area contributed by atoms with Gasteiger partial charge in [0.2, 0.25) is 0 Å². The van der Waals surface area contributed by atoms with E-state index in [1.54, 1.807) is 6.33 Å². The van der Waals surface area contributed by atoms with Crippen LogP contribution in [0.4, 0.5) is 10.6 Å². The van der Waals surface area contributed by atoms with E-state index in [2.05, 4.69) is 30.1 Å². The lowest BCUT2D eigenvalue weighted by Gasteiger charge is -2.46. The molecule has 0 aliphatic carbocycles. The number of nitrogens with zero attached hydrogens (tertiary/aromatic N) is 4. The molecule has 2 aliphatic heterocycles. The molecule has 1 unspecified atom stereocenters. The number of hydrogen-bond donors (Lipinski definition) is 2. The first-order valence-electron chi connectivity index (χ1n) is 8.82. The number of hydrogen-bond acceptors (Lipinski definition) is 4. The predicted molar refractivity (Wildman–Crippen MR) is 93.1 cm³/mol. The maximum absolute atomic E-state index is 12.5. The maximum Gasteiger partial charge on any atom is 0.317 e. The van der Waals surface area contributed by atoms with Crippen molar-refractivity contribution in [1.82, 2.24) is 25.2 Å². The Morgan fingerprint density at radius 3 is 3.00 bits per heavy atom. The minimum atomic E-state index is -0.0644. The molecule has 1 spiro atoms. The highest BCUT2D eigenvalue weighted by molar-refractivity contribution is 5.87. The first-order valence-corrected chi connectivity index (χ1v) is 8.82. The molecule has 2 aliphatic rings. The largest absolute Gasteiger partial charge is 0.354 e. The van der Waals surface area contributed by atoms with Crippen LogP contribution in [-0.2, 0) is 0 Å². The zero-order chi connectivity index (χ0) is 16.6. The van der Waals surface area contributed by atoms with Gasteiger partial charge in [-0.1, -0.05) is 0 Å². The van der Waals surface area contributed by atoms with Crippen molar-refractivity contribution in [3.63, 3.8) is 0 Å². The zero-order valence-electron chi connectivity index (χ0n) is 14.1. The predicted octanol–water partition coefficient (Wildman–Crippen LogP) is 2.12. The van der Waals surface area contributed by atoms with E-state index in [-0.39, 0.29) is 11.6 Å². The number of likely N-dealkylation sites (tertiary alicyclic amines) is 1. The summed E-state index contributed by atoms with van der Waals surface area (Å²) in [6.07, 6.45) is 7.81. The SMILES string of the molecule is CCNC(=O)N1CCCC12CCCN(c1ncnc3[nH]ccc13)C2. The van der Waals surface area contributed by atoms with Gasteiger partial charge in [-0.3, -0.25) is 0 Å². The number of aromatic amines is 1. The molecule has 4 heterocycles. The molecule has 0 radical (unpaired) electrons. The van der Waals surface area contributed by atoms with Gasteiger partial charge in [-0.2, -0.15) is 0 Å². The Morgan fingerprint density at radius 1 is 1.33 bits per heavy atom. The first-order chi connectivity index (χ1) is 11.7. The molecule has 2 N–H and O–H groups in total. The van der Waals surface area contributed by atoms with Gasteiger partial charge < -0.3 is 20.1 Å². The van der Waals surface area contributed by atoms with Crippen LogP contribution in [0.2, 0.25) is 0 Å². The summed E-state index contributed by atoms with van der Waals surface area (Å²) in [6.45, 7) is 5.31. The highest BCUT2D eigenvalue weighted by Crippen LogP contribution is 2.39. The van der Waals surface area contributed by atoms with E-state index in [1.807, 2.05) is 19.2 Å². The molecule has 2 aromatic rings. The van der Waals surface area contributed by atoms with Gasteiger partial charge in [0.05, 0.1) is 10.9 Å². The van der Waals surface area contributed by atoms with Crippen LogP contribution in [0.5, 0.6) is 0 Å². The number of aromatic nitrogens is 3. The van der Waals surface area contributed by atoms with Crippen molar-refractivity contribution < 1.29 is 4.79 Å². The van der Waals surface area contributed by atoms with E-state index in [0.29, 0.717) is 6.54 Å². The van der Waals surface area contributed by atoms with Crippen LogP contribution in [0.25, 0.3) is 11.0 Å². The second-order valence-corrected chi connectivity index (χ2v) is 6.78. The fourth-order valence-corrected chi connectivity index (χ4v) is 4.33. The van der Waals surface area contributed by atoms with Gasteiger partial charge in [0.25, 0.3) is 0 Å². The summed E-state index contributed by atoms with van der Waals surface area (Å²) < 4.78 is 0. The summed E-state index contributed by atoms with van der Waals surface area (Å²) in [6, 6.07) is 2.11. The maximum atomic E-state index is 12.5. The number of carbonyl (C=O) groups excluding carboxylic acids is 1. The lowest BCUT2D eigenvalue weighted by Crippen LogP contribution is -2.59. The second kappa shape index (κ2) is 5.96. The van der Waals surface area contributed by atoms with Crippen LogP contribution in [0.15, 0.2) is 18.6 Å². The monoisotopic (exact) mass is 328 g/mol. The fourth-order valence-electron chi connectivity index (χ4n) is 4.33. The van der Waals surface area contributed by atoms with Crippen molar-refractivity contribution in [2.45, 2.75) is 38.1 Å². The van der Waals surface area contributed by atoms with Crippen LogP contribution in [0.1, 0.15) is 32.6 Å². The molecule has 4 rings (SSSR count). The number of urea groups is 1. The molecule has 7 heteroatoms. The Hall–Kier alpha value is -2.31. The van der Waals surface area contributed by atoms with Gasteiger partial charge in [-0.25, -0.2) is 14.8 Å². The van der Waals surface area contributed by atoms with Gasteiger partial charge >= 0.3 is 6.03 Å². The molecule has 0 bridgehead atoms. The molecule has 0 saturated carbocycles. The minimum Gasteiger partial charge on any atom is -0.354 e. The van der Waals surface area contributed by atoms with Crippen molar-refractivity contribution >= 4 is 22.9 Å². The standard InChI is InChI=1S/C17H24N6O/c1-2-18-16(24)23-10-4-7-17(23)6-3-9-22(11-17)15-13-5-8-19-14(13)20-12-21-15/h5,8,12H,2-4,6-7,9-11H2,1H3,(H,18,24)(H,19,20,21). The lowest BCUT2D eigenvalue weighted by atomic mass is 9.86. The Labute approximate surface area is 141 Å². The molecule has 2 amide bonds. The van der Waals surface area contributed by atoms with Gasteiger partial charge in [0.15, 0.2) is 0 Å². The molecule has 128 valence electrons. The molecular weight excluding hydrogens is 304 g/mol. The number of amides is 2. The Kier molecular flexibility index (Phi) is 3.78. The van der Waals surface area contributed by atoms with E-state index in [1.165, 1.54) is 0 Å². The number of carbonyl (C=O) groups is 1. The second-order valence-electron chi connectivity index (χ2n) is 6.78. The molecular formula is C17H24N6O. The normalized spacial score (nSPS) is 24.0. The fraction of sp³-hybridized carbons (Fsp3) is 0.588. The number of rotatable bonds is 2. The lowest BCUT2D eigenvalue weighted by molar-refractivity contribution is 0.131. The van der Waals surface area contributed by atoms with Crippen LogP contribution >= 0.6 is 0 Å². The highest BCUT2D eigenvalue weighted by atomic mass is 16.2. The van der Waals surface area contributed by atoms with Gasteiger partial charge in [-0.05, 0) is 38.7 Å². The third-order valence-corrected chi connectivity index (χ3v) is 5.36. The summed E-state index contributed by atoms with van der Waals surface area (Å²) >= 11 is 0. The average molecular weight is 328 g/mol. The van der Waals surface area contributed by atoms with Crippen LogP contribution in [0.3, 0.4) is 0 Å². The van der Waals surface area contributed by atoms with Gasteiger partial charge in [0, 0.05) is 32.4 Å². The average Bonchev–Trinajstić information content (AvgIpc) is 3.22. The number of fused-ring (bicyclic) bond motifs is 1. The van der Waals surface area contributed by atoms with Gasteiger partial charge in [-0.15, -0.1) is 0 Å². The van der Waals surface area contributed by atoms with E-state index in [0.717, 1.165) is 62.2 Å².